The monoisotopic (exact) mass is 565 g/mol. The van der Waals surface area contributed by atoms with Gasteiger partial charge in [0.15, 0.2) is 16.1 Å². The summed E-state index contributed by atoms with van der Waals surface area (Å²) in [5.74, 6) is 0.724. The summed E-state index contributed by atoms with van der Waals surface area (Å²) in [5.41, 5.74) is 4.08. The summed E-state index contributed by atoms with van der Waals surface area (Å²) < 4.78 is 1.97. The van der Waals surface area contributed by atoms with E-state index < -0.39 is 0 Å². The van der Waals surface area contributed by atoms with Gasteiger partial charge in [0.05, 0.1) is 15.8 Å². The number of benzene rings is 3. The third kappa shape index (κ3) is 6.22. The number of para-hydroxylation sites is 1. The molecule has 3 aromatic carbocycles. The van der Waals surface area contributed by atoms with Gasteiger partial charge < -0.3 is 5.32 Å². The molecule has 2 heterocycles. The van der Waals surface area contributed by atoms with Crippen molar-refractivity contribution < 1.29 is 4.79 Å². The zero-order valence-corrected chi connectivity index (χ0v) is 22.8. The summed E-state index contributed by atoms with van der Waals surface area (Å²) in [7, 11) is 0. The quantitative estimate of drug-likeness (QED) is 0.199. The van der Waals surface area contributed by atoms with Crippen LogP contribution in [-0.2, 0) is 11.2 Å². The Morgan fingerprint density at radius 3 is 2.54 bits per heavy atom. The van der Waals surface area contributed by atoms with E-state index in [2.05, 4.69) is 20.5 Å². The molecule has 0 aliphatic carbocycles. The number of aromatic nitrogens is 4. The van der Waals surface area contributed by atoms with Gasteiger partial charge in [-0.3, -0.25) is 9.36 Å². The fraction of sp³-hybridized carbons (Fsp3) is 0.111. The number of hydrogen-bond acceptors (Lipinski definition) is 6. The normalized spacial score (nSPS) is 11.0. The molecule has 10 heteroatoms. The standard InChI is InChI=1S/C27H21Cl2N5OS2/c1-17-7-10-19(11-8-17)25-32-33-27(34(25)20-5-3-2-4-6-20)36-16-24(35)31-26-30-15-21(37-26)13-18-9-12-22(28)23(29)14-18/h2-12,14-15H,13,16H2,1H3,(H,30,31,35). The Kier molecular flexibility index (Phi) is 7.90. The minimum Gasteiger partial charge on any atom is -0.301 e. The van der Waals surface area contributed by atoms with Crippen LogP contribution >= 0.6 is 46.3 Å². The third-order valence-corrected chi connectivity index (χ3v) is 8.03. The molecule has 5 aromatic rings. The van der Waals surface area contributed by atoms with Crippen LogP contribution in [0.5, 0.6) is 0 Å². The van der Waals surface area contributed by atoms with Crippen LogP contribution in [-0.4, -0.2) is 31.4 Å². The number of nitrogens with one attached hydrogen (secondary N) is 1. The number of halogens is 2. The second-order valence-electron chi connectivity index (χ2n) is 8.24. The van der Waals surface area contributed by atoms with Crippen molar-refractivity contribution in [2.45, 2.75) is 18.5 Å². The second kappa shape index (κ2) is 11.5. The Balaban J connectivity index is 1.27. The highest BCUT2D eigenvalue weighted by Gasteiger charge is 2.18. The van der Waals surface area contributed by atoms with E-state index in [-0.39, 0.29) is 11.7 Å². The number of nitrogens with zero attached hydrogens (tertiary/aromatic N) is 4. The van der Waals surface area contributed by atoms with Crippen LogP contribution in [0.4, 0.5) is 5.13 Å². The highest BCUT2D eigenvalue weighted by atomic mass is 35.5. The molecule has 0 saturated carbocycles. The maximum Gasteiger partial charge on any atom is 0.236 e. The van der Waals surface area contributed by atoms with Crippen molar-refractivity contribution >= 4 is 57.3 Å². The molecule has 2 aromatic heterocycles. The zero-order valence-electron chi connectivity index (χ0n) is 19.7. The molecule has 0 unspecified atom stereocenters. The molecular formula is C27H21Cl2N5OS2. The molecule has 0 radical (unpaired) electrons. The van der Waals surface area contributed by atoms with E-state index >= 15 is 0 Å². The van der Waals surface area contributed by atoms with Crippen LogP contribution in [0.1, 0.15) is 16.0 Å². The van der Waals surface area contributed by atoms with Crippen molar-refractivity contribution in [1.82, 2.24) is 19.7 Å². The fourth-order valence-electron chi connectivity index (χ4n) is 3.65. The maximum atomic E-state index is 12.7. The maximum absolute atomic E-state index is 12.7. The van der Waals surface area contributed by atoms with Gasteiger partial charge in [-0.1, -0.05) is 89.1 Å². The minimum absolute atomic E-state index is 0.167. The molecule has 0 atom stereocenters. The van der Waals surface area contributed by atoms with Crippen LogP contribution in [0.25, 0.3) is 17.1 Å². The number of thiazole rings is 1. The summed E-state index contributed by atoms with van der Waals surface area (Å²) in [6, 6.07) is 23.6. The lowest BCUT2D eigenvalue weighted by Crippen LogP contribution is -2.14. The molecule has 186 valence electrons. The predicted octanol–water partition coefficient (Wildman–Crippen LogP) is 7.33. The topological polar surface area (TPSA) is 72.7 Å². The molecular weight excluding hydrogens is 545 g/mol. The first-order valence-electron chi connectivity index (χ1n) is 11.4. The van der Waals surface area contributed by atoms with Gasteiger partial charge in [-0.25, -0.2) is 4.98 Å². The number of carbonyl (C=O) groups excluding carboxylic acids is 1. The summed E-state index contributed by atoms with van der Waals surface area (Å²) >= 11 is 14.9. The first-order valence-corrected chi connectivity index (χ1v) is 13.9. The van der Waals surface area contributed by atoms with Gasteiger partial charge in [0.1, 0.15) is 0 Å². The van der Waals surface area contributed by atoms with Crippen molar-refractivity contribution in [2.75, 3.05) is 11.1 Å². The SMILES string of the molecule is Cc1ccc(-c2nnc(SCC(=O)Nc3ncc(Cc4ccc(Cl)c(Cl)c4)s3)n2-c2ccccc2)cc1. The van der Waals surface area contributed by atoms with E-state index in [0.29, 0.717) is 26.8 Å². The number of rotatable bonds is 8. The lowest BCUT2D eigenvalue weighted by atomic mass is 10.1. The number of anilines is 1. The first kappa shape index (κ1) is 25.5. The van der Waals surface area contributed by atoms with Gasteiger partial charge in [0.2, 0.25) is 5.91 Å². The number of aryl methyl sites for hydroxylation is 1. The highest BCUT2D eigenvalue weighted by molar-refractivity contribution is 7.99. The smallest absolute Gasteiger partial charge is 0.236 e. The Morgan fingerprint density at radius 1 is 1.00 bits per heavy atom. The van der Waals surface area contributed by atoms with E-state index in [1.165, 1.54) is 28.7 Å². The van der Waals surface area contributed by atoms with Crippen LogP contribution in [0.2, 0.25) is 10.0 Å². The molecule has 0 aliphatic heterocycles. The van der Waals surface area contributed by atoms with Crippen LogP contribution in [0.15, 0.2) is 84.1 Å². The Hall–Kier alpha value is -3.17. The highest BCUT2D eigenvalue weighted by Crippen LogP contribution is 2.29. The zero-order chi connectivity index (χ0) is 25.8. The van der Waals surface area contributed by atoms with Gasteiger partial charge in [-0.15, -0.1) is 21.5 Å². The number of carbonyl (C=O) groups is 1. The summed E-state index contributed by atoms with van der Waals surface area (Å²) in [4.78, 5) is 18.1. The molecule has 0 fully saturated rings. The Morgan fingerprint density at radius 2 is 1.78 bits per heavy atom. The molecule has 5 rings (SSSR count). The second-order valence-corrected chi connectivity index (χ2v) is 11.1. The van der Waals surface area contributed by atoms with Gasteiger partial charge in [-0.05, 0) is 36.8 Å². The van der Waals surface area contributed by atoms with Crippen LogP contribution in [0, 0.1) is 6.92 Å². The molecule has 0 saturated heterocycles. The van der Waals surface area contributed by atoms with E-state index in [0.717, 1.165) is 27.5 Å². The van der Waals surface area contributed by atoms with Crippen LogP contribution < -0.4 is 5.32 Å². The van der Waals surface area contributed by atoms with E-state index in [1.807, 2.05) is 78.2 Å². The average molecular weight is 567 g/mol. The largest absolute Gasteiger partial charge is 0.301 e. The summed E-state index contributed by atoms with van der Waals surface area (Å²) in [6.45, 7) is 2.05. The average Bonchev–Trinajstić information content (AvgIpc) is 3.53. The number of hydrogen-bond donors (Lipinski definition) is 1. The first-order chi connectivity index (χ1) is 18.0. The van der Waals surface area contributed by atoms with E-state index in [1.54, 1.807) is 12.3 Å². The van der Waals surface area contributed by atoms with Gasteiger partial charge in [-0.2, -0.15) is 0 Å². The molecule has 0 spiro atoms. The Bertz CT molecular complexity index is 1530. The van der Waals surface area contributed by atoms with Crippen LogP contribution in [0.3, 0.4) is 0 Å². The van der Waals surface area contributed by atoms with Crippen molar-refractivity contribution in [3.05, 3.63) is 105 Å². The van der Waals surface area contributed by atoms with E-state index in [4.69, 9.17) is 23.2 Å². The van der Waals surface area contributed by atoms with Crippen molar-refractivity contribution in [2.24, 2.45) is 0 Å². The van der Waals surface area contributed by atoms with Gasteiger partial charge in [0.25, 0.3) is 0 Å². The molecule has 1 amide bonds. The van der Waals surface area contributed by atoms with Gasteiger partial charge >= 0.3 is 0 Å². The molecule has 6 nitrogen and oxygen atoms in total. The summed E-state index contributed by atoms with van der Waals surface area (Å²) in [6.07, 6.45) is 2.41. The molecule has 0 bridgehead atoms. The lowest BCUT2D eigenvalue weighted by molar-refractivity contribution is -0.113. The van der Waals surface area contributed by atoms with Gasteiger partial charge in [0, 0.05) is 28.7 Å². The Labute approximate surface area is 232 Å². The lowest BCUT2D eigenvalue weighted by Gasteiger charge is -2.10. The van der Waals surface area contributed by atoms with Crippen molar-refractivity contribution in [3.63, 3.8) is 0 Å². The molecule has 0 aliphatic rings. The minimum atomic E-state index is -0.167. The molecule has 37 heavy (non-hydrogen) atoms. The fourth-order valence-corrected chi connectivity index (χ4v) is 5.58. The number of thioether (sulfide) groups is 1. The molecule has 1 N–H and O–H groups in total. The van der Waals surface area contributed by atoms with E-state index in [9.17, 15) is 4.79 Å². The third-order valence-electron chi connectivity index (χ3n) is 5.45. The predicted molar refractivity (Wildman–Crippen MR) is 152 cm³/mol. The number of amides is 1. The van der Waals surface area contributed by atoms with Crippen molar-refractivity contribution in [3.8, 4) is 17.1 Å². The van der Waals surface area contributed by atoms with Crippen molar-refractivity contribution in [1.29, 1.82) is 0 Å². The summed E-state index contributed by atoms with van der Waals surface area (Å²) in [5, 5.41) is 13.9.